The first-order valence-corrected chi connectivity index (χ1v) is 21.1. The molecule has 0 radical (unpaired) electrons. The minimum Gasteiger partial charge on any atom is -0.455 e. The van der Waals surface area contributed by atoms with Gasteiger partial charge in [0.2, 0.25) is 0 Å². The molecule has 0 aliphatic rings. The van der Waals surface area contributed by atoms with Crippen LogP contribution in [0.3, 0.4) is 0 Å². The molecule has 12 aromatic rings. The third-order valence-electron chi connectivity index (χ3n) is 11.8. The minimum atomic E-state index is 0.895. The predicted octanol–water partition coefficient (Wildman–Crippen LogP) is 16.9. The molecule has 10 aromatic carbocycles. The highest BCUT2D eigenvalue weighted by Gasteiger charge is 2.21. The largest absolute Gasteiger partial charge is 0.455 e. The Balaban J connectivity index is 1.06. The zero-order chi connectivity index (χ0) is 39.6. The first-order valence-electron chi connectivity index (χ1n) is 20.3. The van der Waals surface area contributed by atoms with Gasteiger partial charge in [-0.25, -0.2) is 0 Å². The maximum Gasteiger partial charge on any atom is 0.143 e. The second-order valence-corrected chi connectivity index (χ2v) is 16.4. The molecule has 0 bridgehead atoms. The van der Waals surface area contributed by atoms with Crippen LogP contribution in [0.4, 0.5) is 34.1 Å². The van der Waals surface area contributed by atoms with Crippen molar-refractivity contribution in [3.8, 4) is 11.1 Å². The van der Waals surface area contributed by atoms with Gasteiger partial charge < -0.3 is 14.2 Å². The fourth-order valence-electron chi connectivity index (χ4n) is 9.06. The van der Waals surface area contributed by atoms with Crippen molar-refractivity contribution in [2.24, 2.45) is 0 Å². The first kappa shape index (κ1) is 34.4. The number of benzene rings is 10. The number of hydrogen-bond donors (Lipinski definition) is 0. The first-order chi connectivity index (χ1) is 29.7. The van der Waals surface area contributed by atoms with E-state index in [1.54, 1.807) is 0 Å². The number of thiophene rings is 1. The summed E-state index contributed by atoms with van der Waals surface area (Å²) in [4.78, 5) is 4.71. The summed E-state index contributed by atoms with van der Waals surface area (Å²) in [6.45, 7) is 0. The lowest BCUT2D eigenvalue weighted by Gasteiger charge is -2.29. The van der Waals surface area contributed by atoms with Crippen LogP contribution in [0.2, 0.25) is 0 Å². The maximum atomic E-state index is 6.65. The summed E-state index contributed by atoms with van der Waals surface area (Å²) in [6.07, 6.45) is 0. The number of furan rings is 1. The molecule has 12 rings (SSSR count). The van der Waals surface area contributed by atoms with Crippen molar-refractivity contribution in [2.75, 3.05) is 9.80 Å². The van der Waals surface area contributed by atoms with Gasteiger partial charge in [-0.05, 0) is 118 Å². The molecule has 0 atom stereocenters. The summed E-state index contributed by atoms with van der Waals surface area (Å²) in [5.74, 6) is 0. The number of para-hydroxylation sites is 3. The van der Waals surface area contributed by atoms with E-state index in [2.05, 4.69) is 222 Å². The Labute approximate surface area is 351 Å². The van der Waals surface area contributed by atoms with E-state index in [9.17, 15) is 0 Å². The topological polar surface area (TPSA) is 19.6 Å². The molecule has 2 heterocycles. The molecule has 0 amide bonds. The van der Waals surface area contributed by atoms with Crippen LogP contribution in [0, 0.1) is 0 Å². The van der Waals surface area contributed by atoms with Crippen LogP contribution in [-0.2, 0) is 0 Å². The zero-order valence-electron chi connectivity index (χ0n) is 32.5. The van der Waals surface area contributed by atoms with E-state index in [0.717, 1.165) is 66.8 Å². The van der Waals surface area contributed by atoms with Crippen LogP contribution >= 0.6 is 11.3 Å². The van der Waals surface area contributed by atoms with Gasteiger partial charge in [0.15, 0.2) is 0 Å². The molecule has 4 heteroatoms. The SMILES string of the molecule is c1ccc(N(c2ccccc2)c2cccc(N(c3ccc(-c4ccc5sc6ccccc6c5c4)cc3)c3ccc4c5ccccc5c5oc6ccccc6c5c4c3)c2)cc1. The average molecular weight is 785 g/mol. The molecule has 0 fully saturated rings. The fourth-order valence-corrected chi connectivity index (χ4v) is 10.1. The van der Waals surface area contributed by atoms with Crippen LogP contribution in [0.15, 0.2) is 223 Å². The van der Waals surface area contributed by atoms with Gasteiger partial charge in [0.25, 0.3) is 0 Å². The molecule has 0 aliphatic heterocycles. The highest BCUT2D eigenvalue weighted by Crippen LogP contribution is 2.46. The van der Waals surface area contributed by atoms with Gasteiger partial charge >= 0.3 is 0 Å². The molecule has 0 saturated heterocycles. The quantitative estimate of drug-likeness (QED) is 0.150. The number of rotatable bonds is 7. The third kappa shape index (κ3) is 5.65. The van der Waals surface area contributed by atoms with E-state index in [1.165, 1.54) is 42.1 Å². The van der Waals surface area contributed by atoms with Crippen LogP contribution in [0.5, 0.6) is 0 Å². The van der Waals surface area contributed by atoms with Gasteiger partial charge in [0, 0.05) is 70.5 Å². The normalized spacial score (nSPS) is 11.7. The lowest BCUT2D eigenvalue weighted by molar-refractivity contribution is 0.673. The van der Waals surface area contributed by atoms with Gasteiger partial charge in [0.05, 0.1) is 0 Å². The maximum absolute atomic E-state index is 6.65. The van der Waals surface area contributed by atoms with Gasteiger partial charge in [0.1, 0.15) is 11.2 Å². The number of anilines is 6. The number of nitrogens with zero attached hydrogens (tertiary/aromatic N) is 2. The van der Waals surface area contributed by atoms with E-state index in [0.29, 0.717) is 0 Å². The zero-order valence-corrected chi connectivity index (χ0v) is 33.3. The van der Waals surface area contributed by atoms with Crippen molar-refractivity contribution >= 4 is 109 Å². The van der Waals surface area contributed by atoms with Crippen LogP contribution in [0.1, 0.15) is 0 Å². The van der Waals surface area contributed by atoms with Crippen LogP contribution in [0.25, 0.3) is 74.8 Å². The molecule has 282 valence electrons. The summed E-state index contributed by atoms with van der Waals surface area (Å²) >= 11 is 1.85. The Morgan fingerprint density at radius 2 is 0.817 bits per heavy atom. The van der Waals surface area contributed by atoms with Gasteiger partial charge in [-0.1, -0.05) is 127 Å². The number of fused-ring (bicyclic) bond motifs is 11. The Morgan fingerprint density at radius 3 is 1.57 bits per heavy atom. The Kier molecular flexibility index (Phi) is 8.03. The van der Waals surface area contributed by atoms with Gasteiger partial charge in [-0.15, -0.1) is 11.3 Å². The van der Waals surface area contributed by atoms with Crippen LogP contribution in [-0.4, -0.2) is 0 Å². The summed E-state index contributed by atoms with van der Waals surface area (Å²) in [5, 5.41) is 9.55. The molecule has 3 nitrogen and oxygen atoms in total. The molecule has 2 aromatic heterocycles. The van der Waals surface area contributed by atoms with Crippen molar-refractivity contribution in [1.82, 2.24) is 0 Å². The molecule has 0 spiro atoms. The highest BCUT2D eigenvalue weighted by molar-refractivity contribution is 7.25. The standard InChI is InChI=1S/C56H36N2OS/c1-3-14-39(15-4-1)57(40-16-5-2-6-17-40)42-18-13-19-43(35-42)58(41-29-26-37(27-30-41)38-28-33-54-50(34-38)47-21-10-12-25-53(47)60-54)44-31-32-46-45-20-7-8-22-48(45)56-55(51(46)36-44)49-23-9-11-24-52(49)59-56/h1-36H. The van der Waals surface area contributed by atoms with E-state index in [-0.39, 0.29) is 0 Å². The summed E-state index contributed by atoms with van der Waals surface area (Å²) in [6, 6.07) is 78.6. The van der Waals surface area contributed by atoms with Crippen molar-refractivity contribution in [3.63, 3.8) is 0 Å². The second-order valence-electron chi connectivity index (χ2n) is 15.3. The van der Waals surface area contributed by atoms with Gasteiger partial charge in [-0.2, -0.15) is 0 Å². The van der Waals surface area contributed by atoms with E-state index in [4.69, 9.17) is 4.42 Å². The van der Waals surface area contributed by atoms with Gasteiger partial charge in [-0.3, -0.25) is 0 Å². The molecule has 0 saturated carbocycles. The molecule has 60 heavy (non-hydrogen) atoms. The molecule has 0 N–H and O–H groups in total. The van der Waals surface area contributed by atoms with Crippen LogP contribution < -0.4 is 9.80 Å². The lowest BCUT2D eigenvalue weighted by Crippen LogP contribution is -2.13. The summed E-state index contributed by atoms with van der Waals surface area (Å²) < 4.78 is 9.28. The molecule has 0 unspecified atom stereocenters. The minimum absolute atomic E-state index is 0.895. The lowest BCUT2D eigenvalue weighted by atomic mass is 9.96. The van der Waals surface area contributed by atoms with E-state index >= 15 is 0 Å². The van der Waals surface area contributed by atoms with Crippen molar-refractivity contribution < 1.29 is 4.42 Å². The van der Waals surface area contributed by atoms with E-state index < -0.39 is 0 Å². The monoisotopic (exact) mass is 784 g/mol. The fraction of sp³-hybridized carbons (Fsp3) is 0. The Morgan fingerprint density at radius 1 is 0.300 bits per heavy atom. The van der Waals surface area contributed by atoms with Crippen molar-refractivity contribution in [2.45, 2.75) is 0 Å². The third-order valence-corrected chi connectivity index (χ3v) is 13.0. The van der Waals surface area contributed by atoms with E-state index in [1.807, 2.05) is 17.4 Å². The second kappa shape index (κ2) is 14.0. The summed E-state index contributed by atoms with van der Waals surface area (Å²) in [5.41, 5.74) is 10.6. The predicted molar refractivity (Wildman–Crippen MR) is 256 cm³/mol. The smallest absolute Gasteiger partial charge is 0.143 e. The van der Waals surface area contributed by atoms with Crippen molar-refractivity contribution in [3.05, 3.63) is 218 Å². The highest BCUT2D eigenvalue weighted by atomic mass is 32.1. The molecular formula is C56H36N2OS. The Bertz CT molecular complexity index is 3510. The van der Waals surface area contributed by atoms with Crippen molar-refractivity contribution in [1.29, 1.82) is 0 Å². The number of hydrogen-bond acceptors (Lipinski definition) is 4. The average Bonchev–Trinajstić information content (AvgIpc) is 3.90. The molecule has 0 aliphatic carbocycles. The molecular weight excluding hydrogens is 749 g/mol. The summed E-state index contributed by atoms with van der Waals surface area (Å²) in [7, 11) is 0. The Hall–Kier alpha value is -7.66.